The molecular weight excluding hydrogens is 260 g/mol. The van der Waals surface area contributed by atoms with Gasteiger partial charge in [0.25, 0.3) is 5.91 Å². The van der Waals surface area contributed by atoms with Gasteiger partial charge in [-0.25, -0.2) is 0 Å². The fourth-order valence-electron chi connectivity index (χ4n) is 0.963. The Hall–Kier alpha value is -0.810. The first kappa shape index (κ1) is 12.3. The van der Waals surface area contributed by atoms with Crippen LogP contribution in [0.4, 0.5) is 0 Å². The van der Waals surface area contributed by atoms with Crippen LogP contribution in [0.1, 0.15) is 31.3 Å². The van der Waals surface area contributed by atoms with Gasteiger partial charge in [-0.2, -0.15) is 0 Å². The number of H-pyrrole nitrogens is 1. The highest BCUT2D eigenvalue weighted by Crippen LogP contribution is 2.13. The van der Waals surface area contributed by atoms with Crippen LogP contribution in [0.25, 0.3) is 0 Å². The van der Waals surface area contributed by atoms with Crippen molar-refractivity contribution < 1.29 is 9.90 Å². The minimum atomic E-state index is -0.644. The summed E-state index contributed by atoms with van der Waals surface area (Å²) in [5.74, 6) is -0.230. The maximum Gasteiger partial charge on any atom is 0.268 e. The minimum absolute atomic E-state index is 0.230. The number of amides is 1. The van der Waals surface area contributed by atoms with Crippen LogP contribution in [-0.2, 0) is 0 Å². The standard InChI is InChI=1S/C10H15BrN2O2/c1-6(14)10(2,3)13-9(15)8-4-7(11)5-12-8/h4-6,12,14H,1-3H3,(H,13,15). The third-order valence-corrected chi connectivity index (χ3v) is 2.83. The number of carbonyl (C=O) groups is 1. The van der Waals surface area contributed by atoms with Gasteiger partial charge in [-0.05, 0) is 42.8 Å². The van der Waals surface area contributed by atoms with Crippen molar-refractivity contribution in [2.45, 2.75) is 32.4 Å². The monoisotopic (exact) mass is 274 g/mol. The fourth-order valence-corrected chi connectivity index (χ4v) is 1.31. The van der Waals surface area contributed by atoms with Crippen LogP contribution >= 0.6 is 15.9 Å². The third kappa shape index (κ3) is 3.07. The van der Waals surface area contributed by atoms with Crippen LogP contribution in [0, 0.1) is 0 Å². The molecule has 0 spiro atoms. The second-order valence-electron chi connectivity index (χ2n) is 4.08. The molecule has 1 amide bonds. The smallest absolute Gasteiger partial charge is 0.268 e. The van der Waals surface area contributed by atoms with Crippen molar-refractivity contribution in [3.63, 3.8) is 0 Å². The quantitative estimate of drug-likeness (QED) is 0.785. The number of nitrogens with one attached hydrogen (secondary N) is 2. The summed E-state index contributed by atoms with van der Waals surface area (Å²) in [5.41, 5.74) is -0.176. The molecule has 0 radical (unpaired) electrons. The number of hydrogen-bond donors (Lipinski definition) is 3. The molecule has 1 atom stereocenters. The van der Waals surface area contributed by atoms with E-state index in [9.17, 15) is 9.90 Å². The first-order valence-electron chi connectivity index (χ1n) is 4.67. The number of aliphatic hydroxyl groups excluding tert-OH is 1. The fraction of sp³-hybridized carbons (Fsp3) is 0.500. The molecule has 0 bridgehead atoms. The lowest BCUT2D eigenvalue weighted by Crippen LogP contribution is -2.51. The summed E-state index contributed by atoms with van der Waals surface area (Å²) in [4.78, 5) is 14.5. The Morgan fingerprint density at radius 1 is 1.67 bits per heavy atom. The molecule has 0 aliphatic carbocycles. The van der Waals surface area contributed by atoms with E-state index in [4.69, 9.17) is 0 Å². The summed E-state index contributed by atoms with van der Waals surface area (Å²) < 4.78 is 0.822. The van der Waals surface area contributed by atoms with Crippen LogP contribution in [0.15, 0.2) is 16.7 Å². The van der Waals surface area contributed by atoms with E-state index in [-0.39, 0.29) is 5.91 Å². The van der Waals surface area contributed by atoms with Crippen LogP contribution in [-0.4, -0.2) is 27.6 Å². The summed E-state index contributed by atoms with van der Waals surface area (Å²) >= 11 is 3.25. The Labute approximate surface area is 97.2 Å². The summed E-state index contributed by atoms with van der Waals surface area (Å²) in [5, 5.41) is 12.2. The molecule has 0 fully saturated rings. The Balaban J connectivity index is 2.72. The largest absolute Gasteiger partial charge is 0.391 e. The van der Waals surface area contributed by atoms with Gasteiger partial charge in [0.1, 0.15) is 5.69 Å². The summed E-state index contributed by atoms with van der Waals surface area (Å²) in [7, 11) is 0. The van der Waals surface area contributed by atoms with Crippen molar-refractivity contribution in [3.05, 3.63) is 22.4 Å². The van der Waals surface area contributed by atoms with Gasteiger partial charge >= 0.3 is 0 Å². The Morgan fingerprint density at radius 3 is 2.67 bits per heavy atom. The van der Waals surface area contributed by atoms with Crippen molar-refractivity contribution in [2.24, 2.45) is 0 Å². The van der Waals surface area contributed by atoms with Crippen LogP contribution < -0.4 is 5.32 Å². The number of aromatic nitrogens is 1. The number of aliphatic hydroxyl groups is 1. The van der Waals surface area contributed by atoms with E-state index in [1.54, 1.807) is 33.0 Å². The molecule has 1 unspecified atom stereocenters. The highest BCUT2D eigenvalue weighted by Gasteiger charge is 2.26. The lowest BCUT2D eigenvalue weighted by Gasteiger charge is -2.29. The van der Waals surface area contributed by atoms with Crippen LogP contribution in [0.3, 0.4) is 0 Å². The Bertz CT molecular complexity index is 358. The molecule has 1 aromatic heterocycles. The van der Waals surface area contributed by atoms with Gasteiger partial charge in [-0.3, -0.25) is 4.79 Å². The van der Waals surface area contributed by atoms with Crippen molar-refractivity contribution >= 4 is 21.8 Å². The Kier molecular flexibility index (Phi) is 3.57. The number of rotatable bonds is 3. The predicted molar refractivity (Wildman–Crippen MR) is 61.7 cm³/mol. The van der Waals surface area contributed by atoms with Crippen molar-refractivity contribution in [3.8, 4) is 0 Å². The molecule has 0 saturated heterocycles. The van der Waals surface area contributed by atoms with Gasteiger partial charge in [0, 0.05) is 10.7 Å². The zero-order valence-electron chi connectivity index (χ0n) is 8.97. The molecule has 1 aromatic rings. The van der Waals surface area contributed by atoms with Crippen molar-refractivity contribution in [1.29, 1.82) is 0 Å². The zero-order chi connectivity index (χ0) is 11.6. The maximum atomic E-state index is 11.7. The second-order valence-corrected chi connectivity index (χ2v) is 5.00. The third-order valence-electron chi connectivity index (χ3n) is 2.37. The molecule has 84 valence electrons. The lowest BCUT2D eigenvalue weighted by atomic mass is 9.99. The molecule has 0 aromatic carbocycles. The van der Waals surface area contributed by atoms with Gasteiger partial charge in [-0.15, -0.1) is 0 Å². The first-order valence-corrected chi connectivity index (χ1v) is 5.47. The van der Waals surface area contributed by atoms with Crippen LogP contribution in [0.2, 0.25) is 0 Å². The Morgan fingerprint density at radius 2 is 2.27 bits per heavy atom. The molecule has 0 aliphatic rings. The minimum Gasteiger partial charge on any atom is -0.391 e. The molecule has 4 nitrogen and oxygen atoms in total. The van der Waals surface area contributed by atoms with Gasteiger partial charge in [0.15, 0.2) is 0 Å². The van der Waals surface area contributed by atoms with E-state index in [0.29, 0.717) is 5.69 Å². The van der Waals surface area contributed by atoms with Gasteiger partial charge < -0.3 is 15.4 Å². The van der Waals surface area contributed by atoms with Crippen molar-refractivity contribution in [1.82, 2.24) is 10.3 Å². The molecule has 1 heterocycles. The van der Waals surface area contributed by atoms with E-state index < -0.39 is 11.6 Å². The number of halogens is 1. The zero-order valence-corrected chi connectivity index (χ0v) is 10.6. The van der Waals surface area contributed by atoms with E-state index in [1.165, 1.54) is 0 Å². The summed E-state index contributed by atoms with van der Waals surface area (Å²) in [6.45, 7) is 5.19. The van der Waals surface area contributed by atoms with E-state index in [1.807, 2.05) is 0 Å². The molecule has 0 saturated carbocycles. The molecule has 3 N–H and O–H groups in total. The molecular formula is C10H15BrN2O2. The van der Waals surface area contributed by atoms with E-state index >= 15 is 0 Å². The lowest BCUT2D eigenvalue weighted by molar-refractivity contribution is 0.0706. The van der Waals surface area contributed by atoms with Crippen molar-refractivity contribution in [2.75, 3.05) is 0 Å². The van der Waals surface area contributed by atoms with E-state index in [0.717, 1.165) is 4.47 Å². The van der Waals surface area contributed by atoms with Gasteiger partial charge in [0.2, 0.25) is 0 Å². The second kappa shape index (κ2) is 4.37. The topological polar surface area (TPSA) is 65.1 Å². The highest BCUT2D eigenvalue weighted by atomic mass is 79.9. The average molecular weight is 275 g/mol. The maximum absolute atomic E-state index is 11.7. The molecule has 0 aliphatic heterocycles. The summed E-state index contributed by atoms with van der Waals surface area (Å²) in [6.07, 6.45) is 1.07. The predicted octanol–water partition coefficient (Wildman–Crippen LogP) is 1.67. The molecule has 5 heteroatoms. The van der Waals surface area contributed by atoms with E-state index in [2.05, 4.69) is 26.2 Å². The summed E-state index contributed by atoms with van der Waals surface area (Å²) in [6, 6.07) is 1.69. The van der Waals surface area contributed by atoms with Gasteiger partial charge in [-0.1, -0.05) is 0 Å². The highest BCUT2D eigenvalue weighted by molar-refractivity contribution is 9.10. The SMILES string of the molecule is CC(O)C(C)(C)NC(=O)c1cc(Br)c[nH]1. The molecule has 1 rings (SSSR count). The first-order chi connectivity index (χ1) is 6.83. The number of aromatic amines is 1. The average Bonchev–Trinajstić information content (AvgIpc) is 2.50. The number of hydrogen-bond acceptors (Lipinski definition) is 2. The van der Waals surface area contributed by atoms with Gasteiger partial charge in [0.05, 0.1) is 11.6 Å². The number of carbonyl (C=O) groups excluding carboxylic acids is 1. The van der Waals surface area contributed by atoms with Crippen LogP contribution in [0.5, 0.6) is 0 Å². The molecule has 15 heavy (non-hydrogen) atoms. The normalized spacial score (nSPS) is 13.7.